The van der Waals surface area contributed by atoms with E-state index in [1.165, 1.54) is 6.20 Å². The summed E-state index contributed by atoms with van der Waals surface area (Å²) in [7, 11) is -3.67. The minimum atomic E-state index is -3.67. The SMILES string of the molecule is CCOC(=O)C1CCN(c2cccc3cc(S(=O)(=O)c4cccc(Br)c4)cnc23)CC1. The minimum absolute atomic E-state index is 0.0684. The number of nitrogens with zero attached hydrogens (tertiary/aromatic N) is 2. The highest BCUT2D eigenvalue weighted by Gasteiger charge is 2.27. The van der Waals surface area contributed by atoms with Gasteiger partial charge in [-0.15, -0.1) is 0 Å². The lowest BCUT2D eigenvalue weighted by atomic mass is 9.96. The van der Waals surface area contributed by atoms with E-state index in [2.05, 4.69) is 25.8 Å². The number of pyridine rings is 1. The average Bonchev–Trinajstić information content (AvgIpc) is 2.78. The molecule has 3 aromatic rings. The molecule has 6 nitrogen and oxygen atoms in total. The monoisotopic (exact) mass is 502 g/mol. The van der Waals surface area contributed by atoms with Gasteiger partial charge in [-0.05, 0) is 50.1 Å². The summed E-state index contributed by atoms with van der Waals surface area (Å²) in [5.41, 5.74) is 1.71. The van der Waals surface area contributed by atoms with Crippen molar-refractivity contribution < 1.29 is 17.9 Å². The second-order valence-electron chi connectivity index (χ2n) is 7.49. The first-order chi connectivity index (χ1) is 14.9. The summed E-state index contributed by atoms with van der Waals surface area (Å²) < 4.78 is 32.0. The standard InChI is InChI=1S/C23H23BrN2O4S/c1-2-30-23(27)16-9-11-26(12-10-16)21-8-3-5-17-13-20(15-25-22(17)21)31(28,29)19-7-4-6-18(24)14-19/h3-8,13-16H,2,9-12H2,1H3. The van der Waals surface area contributed by atoms with Crippen molar-refractivity contribution in [3.8, 4) is 0 Å². The normalized spacial score (nSPS) is 15.2. The van der Waals surface area contributed by atoms with Crippen LogP contribution in [0.4, 0.5) is 5.69 Å². The Morgan fingerprint density at radius 3 is 2.58 bits per heavy atom. The molecule has 8 heteroatoms. The van der Waals surface area contributed by atoms with Gasteiger partial charge in [0.1, 0.15) is 0 Å². The zero-order chi connectivity index (χ0) is 22.0. The number of rotatable bonds is 5. The van der Waals surface area contributed by atoms with E-state index in [4.69, 9.17) is 4.74 Å². The van der Waals surface area contributed by atoms with Gasteiger partial charge in [-0.3, -0.25) is 9.78 Å². The highest BCUT2D eigenvalue weighted by Crippen LogP contribution is 2.32. The van der Waals surface area contributed by atoms with Crippen LogP contribution in [0.15, 0.2) is 69.0 Å². The smallest absolute Gasteiger partial charge is 0.309 e. The Morgan fingerprint density at radius 2 is 1.87 bits per heavy atom. The molecule has 0 unspecified atom stereocenters. The number of esters is 1. The number of piperidine rings is 1. The lowest BCUT2D eigenvalue weighted by Gasteiger charge is -2.33. The fourth-order valence-electron chi connectivity index (χ4n) is 3.91. The summed E-state index contributed by atoms with van der Waals surface area (Å²) in [5.74, 6) is -0.193. The number of carbonyl (C=O) groups excluding carboxylic acids is 1. The molecule has 0 aliphatic carbocycles. The van der Waals surface area contributed by atoms with Gasteiger partial charge < -0.3 is 9.64 Å². The molecule has 4 rings (SSSR count). The Hall–Kier alpha value is -2.45. The first-order valence-corrected chi connectivity index (χ1v) is 12.5. The molecule has 0 bridgehead atoms. The molecule has 31 heavy (non-hydrogen) atoms. The number of sulfone groups is 1. The molecule has 0 amide bonds. The minimum Gasteiger partial charge on any atom is -0.466 e. The number of fused-ring (bicyclic) bond motifs is 1. The molecule has 0 radical (unpaired) electrons. The first kappa shape index (κ1) is 21.8. The largest absolute Gasteiger partial charge is 0.466 e. The number of para-hydroxylation sites is 1. The van der Waals surface area contributed by atoms with Crippen molar-refractivity contribution in [2.24, 2.45) is 5.92 Å². The maximum atomic E-state index is 13.1. The molecular formula is C23H23BrN2O4S. The van der Waals surface area contributed by atoms with E-state index >= 15 is 0 Å². The van der Waals surface area contributed by atoms with Crippen LogP contribution in [0.25, 0.3) is 10.9 Å². The molecule has 1 saturated heterocycles. The number of anilines is 1. The third-order valence-corrected chi connectivity index (χ3v) is 7.75. The number of benzene rings is 2. The van der Waals surface area contributed by atoms with E-state index in [-0.39, 0.29) is 21.7 Å². The molecule has 0 spiro atoms. The number of carbonyl (C=O) groups is 1. The molecule has 162 valence electrons. The van der Waals surface area contributed by atoms with Gasteiger partial charge in [-0.2, -0.15) is 0 Å². The van der Waals surface area contributed by atoms with Crippen LogP contribution in [0.3, 0.4) is 0 Å². The van der Waals surface area contributed by atoms with Crippen LogP contribution < -0.4 is 4.90 Å². The quantitative estimate of drug-likeness (QED) is 0.474. The van der Waals surface area contributed by atoms with Gasteiger partial charge in [0.2, 0.25) is 9.84 Å². The Morgan fingerprint density at radius 1 is 1.13 bits per heavy atom. The van der Waals surface area contributed by atoms with Crippen LogP contribution in [-0.4, -0.2) is 39.1 Å². The van der Waals surface area contributed by atoms with E-state index < -0.39 is 9.84 Å². The Labute approximate surface area is 190 Å². The van der Waals surface area contributed by atoms with Crippen molar-refractivity contribution in [2.75, 3.05) is 24.6 Å². The van der Waals surface area contributed by atoms with Crippen LogP contribution >= 0.6 is 15.9 Å². The van der Waals surface area contributed by atoms with E-state index in [1.807, 2.05) is 25.1 Å². The van der Waals surface area contributed by atoms with Gasteiger partial charge in [-0.1, -0.05) is 34.1 Å². The van der Waals surface area contributed by atoms with Crippen LogP contribution in [0.5, 0.6) is 0 Å². The zero-order valence-corrected chi connectivity index (χ0v) is 19.5. The molecule has 1 fully saturated rings. The van der Waals surface area contributed by atoms with Gasteiger partial charge in [-0.25, -0.2) is 8.42 Å². The summed E-state index contributed by atoms with van der Waals surface area (Å²) in [4.78, 5) is 19.1. The highest BCUT2D eigenvalue weighted by molar-refractivity contribution is 9.10. The molecular weight excluding hydrogens is 480 g/mol. The predicted octanol–water partition coefficient (Wildman–Crippen LogP) is 4.61. The van der Waals surface area contributed by atoms with Crippen LogP contribution in [0.2, 0.25) is 0 Å². The van der Waals surface area contributed by atoms with Crippen molar-refractivity contribution in [1.82, 2.24) is 4.98 Å². The summed E-state index contributed by atoms with van der Waals surface area (Å²) in [6.07, 6.45) is 2.88. The van der Waals surface area contributed by atoms with Crippen molar-refractivity contribution >= 4 is 48.3 Å². The second kappa shape index (κ2) is 8.96. The molecule has 1 aliphatic heterocycles. The van der Waals surface area contributed by atoms with Gasteiger partial charge in [0.15, 0.2) is 0 Å². The molecule has 2 heterocycles. The number of ether oxygens (including phenoxy) is 1. The van der Waals surface area contributed by atoms with E-state index in [1.54, 1.807) is 30.3 Å². The van der Waals surface area contributed by atoms with Crippen molar-refractivity contribution in [2.45, 2.75) is 29.6 Å². The van der Waals surface area contributed by atoms with Crippen LogP contribution in [0, 0.1) is 5.92 Å². The molecule has 0 atom stereocenters. The Kier molecular flexibility index (Phi) is 6.29. The van der Waals surface area contributed by atoms with Crippen molar-refractivity contribution in [3.63, 3.8) is 0 Å². The van der Waals surface area contributed by atoms with Crippen LogP contribution in [-0.2, 0) is 19.4 Å². The van der Waals surface area contributed by atoms with E-state index in [0.717, 1.165) is 42.5 Å². The fourth-order valence-corrected chi connectivity index (χ4v) is 5.75. The molecule has 0 N–H and O–H groups in total. The summed E-state index contributed by atoms with van der Waals surface area (Å²) in [6, 6.07) is 14.1. The maximum Gasteiger partial charge on any atom is 0.309 e. The van der Waals surface area contributed by atoms with E-state index in [0.29, 0.717) is 11.1 Å². The molecule has 1 aliphatic rings. The molecule has 0 saturated carbocycles. The second-order valence-corrected chi connectivity index (χ2v) is 10.4. The van der Waals surface area contributed by atoms with Gasteiger partial charge in [0, 0.05) is 29.1 Å². The predicted molar refractivity (Wildman–Crippen MR) is 123 cm³/mol. The number of hydrogen-bond donors (Lipinski definition) is 0. The third kappa shape index (κ3) is 4.45. The fraction of sp³-hybridized carbons (Fsp3) is 0.304. The number of halogens is 1. The topological polar surface area (TPSA) is 76.6 Å². The van der Waals surface area contributed by atoms with Crippen LogP contribution in [0.1, 0.15) is 19.8 Å². The zero-order valence-electron chi connectivity index (χ0n) is 17.1. The van der Waals surface area contributed by atoms with Gasteiger partial charge in [0.05, 0.1) is 33.5 Å². The summed E-state index contributed by atoms with van der Waals surface area (Å²) in [6.45, 7) is 3.67. The van der Waals surface area contributed by atoms with Crippen molar-refractivity contribution in [1.29, 1.82) is 0 Å². The van der Waals surface area contributed by atoms with Crippen molar-refractivity contribution in [3.05, 3.63) is 59.2 Å². The van der Waals surface area contributed by atoms with Gasteiger partial charge in [0.25, 0.3) is 0 Å². The first-order valence-electron chi connectivity index (χ1n) is 10.2. The van der Waals surface area contributed by atoms with Gasteiger partial charge >= 0.3 is 5.97 Å². The summed E-state index contributed by atoms with van der Waals surface area (Å²) in [5, 5.41) is 0.765. The number of hydrogen-bond acceptors (Lipinski definition) is 6. The Balaban J connectivity index is 1.62. The highest BCUT2D eigenvalue weighted by atomic mass is 79.9. The lowest BCUT2D eigenvalue weighted by molar-refractivity contribution is -0.148. The van der Waals surface area contributed by atoms with E-state index in [9.17, 15) is 13.2 Å². The third-order valence-electron chi connectivity index (χ3n) is 5.54. The number of aromatic nitrogens is 1. The molecule has 2 aromatic carbocycles. The molecule has 1 aromatic heterocycles. The summed E-state index contributed by atoms with van der Waals surface area (Å²) >= 11 is 3.33. The average molecular weight is 503 g/mol. The lowest BCUT2D eigenvalue weighted by Crippen LogP contribution is -2.37. The maximum absolute atomic E-state index is 13.1. The Bertz CT molecular complexity index is 1220.